The van der Waals surface area contributed by atoms with E-state index in [4.69, 9.17) is 15.2 Å². The van der Waals surface area contributed by atoms with Crippen molar-refractivity contribution in [2.24, 2.45) is 5.73 Å². The minimum absolute atomic E-state index is 0.0673. The number of aliphatic hydroxyl groups excluding tert-OH is 5. The Labute approximate surface area is 272 Å². The molecule has 1 rings (SSSR count). The molecular weight excluding hydrogens is 582 g/mol. The van der Waals surface area contributed by atoms with Crippen LogP contribution in [0.3, 0.4) is 0 Å². The Balaban J connectivity index is 0.00000119. The number of hydrogen-bond donors (Lipinski definition) is 6. The van der Waals surface area contributed by atoms with Crippen molar-refractivity contribution in [3.63, 3.8) is 0 Å². The third-order valence-corrected chi connectivity index (χ3v) is 9.30. The normalized spacial score (nSPS) is 24.0. The minimum Gasteiger partial charge on any atom is -0.394 e. The summed E-state index contributed by atoms with van der Waals surface area (Å²) in [6, 6.07) is -0.653. The zero-order chi connectivity index (χ0) is 33.0. The molecule has 1 aliphatic heterocycles. The first kappa shape index (κ1) is 43.8. The molecule has 0 bridgehead atoms. The maximum atomic E-state index is 10.7. The lowest BCUT2D eigenvalue weighted by atomic mass is 9.99. The van der Waals surface area contributed by atoms with E-state index in [1.54, 1.807) is 6.26 Å². The van der Waals surface area contributed by atoms with Gasteiger partial charge in [0.15, 0.2) is 6.29 Å². The Morgan fingerprint density at radius 3 is 1.57 bits per heavy atom. The van der Waals surface area contributed by atoms with Gasteiger partial charge in [-0.1, -0.05) is 136 Å². The zero-order valence-electron chi connectivity index (χ0n) is 28.5. The predicted molar refractivity (Wildman–Crippen MR) is 181 cm³/mol. The van der Waals surface area contributed by atoms with Crippen molar-refractivity contribution in [2.45, 2.75) is 192 Å². The van der Waals surface area contributed by atoms with Crippen LogP contribution >= 0.6 is 0 Å². The first-order valence-electron chi connectivity index (χ1n) is 17.8. The number of nitrogens with two attached hydrogens (primary N) is 1. The summed E-state index contributed by atoms with van der Waals surface area (Å²) in [6.07, 6.45) is 20.7. The topological polar surface area (TPSA) is 163 Å². The van der Waals surface area contributed by atoms with Gasteiger partial charge in [0.05, 0.1) is 25.4 Å². The van der Waals surface area contributed by atoms with Crippen molar-refractivity contribution >= 4 is 10.8 Å². The Morgan fingerprint density at radius 2 is 1.14 bits per heavy atom. The van der Waals surface area contributed by atoms with Crippen molar-refractivity contribution in [1.82, 2.24) is 0 Å². The highest BCUT2D eigenvalue weighted by Gasteiger charge is 2.44. The number of aliphatic hydroxyl groups is 5. The van der Waals surface area contributed by atoms with Crippen molar-refractivity contribution in [3.8, 4) is 0 Å². The average molecular weight is 654 g/mol. The molecule has 266 valence electrons. The van der Waals surface area contributed by atoms with Crippen molar-refractivity contribution in [3.05, 3.63) is 0 Å². The lowest BCUT2D eigenvalue weighted by molar-refractivity contribution is -0.302. The van der Waals surface area contributed by atoms with Crippen molar-refractivity contribution in [1.29, 1.82) is 0 Å². The van der Waals surface area contributed by atoms with E-state index in [2.05, 4.69) is 13.8 Å². The monoisotopic (exact) mass is 653 g/mol. The maximum absolute atomic E-state index is 10.7. The second-order valence-corrected chi connectivity index (χ2v) is 14.2. The van der Waals surface area contributed by atoms with Crippen LogP contribution in [0.5, 0.6) is 0 Å². The van der Waals surface area contributed by atoms with E-state index in [1.165, 1.54) is 109 Å². The molecule has 0 aromatic heterocycles. The smallest absolute Gasteiger partial charge is 0.186 e. The fourth-order valence-electron chi connectivity index (χ4n) is 5.37. The van der Waals surface area contributed by atoms with Crippen LogP contribution in [0.1, 0.15) is 149 Å². The molecule has 0 spiro atoms. The first-order chi connectivity index (χ1) is 21.2. The highest BCUT2D eigenvalue weighted by Crippen LogP contribution is 2.22. The largest absolute Gasteiger partial charge is 0.394 e. The predicted octanol–water partition coefficient (Wildman–Crippen LogP) is 5.09. The minimum atomic E-state index is -1.49. The molecule has 1 aliphatic rings. The van der Waals surface area contributed by atoms with Crippen LogP contribution in [-0.2, 0) is 20.3 Å². The number of rotatable bonds is 27. The van der Waals surface area contributed by atoms with Gasteiger partial charge in [0, 0.05) is 22.8 Å². The van der Waals surface area contributed by atoms with E-state index in [9.17, 15) is 29.7 Å². The van der Waals surface area contributed by atoms with Gasteiger partial charge in [-0.2, -0.15) is 0 Å². The van der Waals surface area contributed by atoms with Crippen LogP contribution < -0.4 is 5.73 Å². The fraction of sp³-hybridized carbons (Fsp3) is 1.00. The van der Waals surface area contributed by atoms with Crippen LogP contribution in [0.15, 0.2) is 0 Å². The lowest BCUT2D eigenvalue weighted by Gasteiger charge is -2.40. The third-order valence-electron chi connectivity index (χ3n) is 8.43. The van der Waals surface area contributed by atoms with E-state index in [-0.39, 0.29) is 6.61 Å². The second kappa shape index (κ2) is 30.2. The summed E-state index contributed by atoms with van der Waals surface area (Å²) in [4.78, 5) is 0. The molecule has 8 atom stereocenters. The van der Waals surface area contributed by atoms with Gasteiger partial charge in [-0.25, -0.2) is 0 Å². The van der Waals surface area contributed by atoms with E-state index in [0.29, 0.717) is 6.42 Å². The maximum Gasteiger partial charge on any atom is 0.186 e. The van der Waals surface area contributed by atoms with Crippen molar-refractivity contribution in [2.75, 3.05) is 25.2 Å². The van der Waals surface area contributed by atoms with Crippen LogP contribution in [0.25, 0.3) is 0 Å². The molecule has 0 amide bonds. The number of unbranched alkanes of at least 4 members (excludes halogenated alkanes) is 18. The number of hydrogen-bond acceptors (Lipinski definition) is 9. The molecule has 0 radical (unpaired) electrons. The van der Waals surface area contributed by atoms with E-state index >= 15 is 0 Å². The highest BCUT2D eigenvalue weighted by molar-refractivity contribution is 7.84. The van der Waals surface area contributed by atoms with E-state index in [0.717, 1.165) is 25.0 Å². The van der Waals surface area contributed by atoms with Gasteiger partial charge in [-0.05, 0) is 12.8 Å². The highest BCUT2D eigenvalue weighted by atomic mass is 32.2. The Hall–Kier alpha value is -0.170. The van der Waals surface area contributed by atoms with Gasteiger partial charge >= 0.3 is 0 Å². The van der Waals surface area contributed by atoms with Crippen LogP contribution in [-0.4, -0.2) is 97.8 Å². The van der Waals surface area contributed by atoms with Crippen LogP contribution in [0.2, 0.25) is 0 Å². The summed E-state index contributed by atoms with van der Waals surface area (Å²) >= 11 is 0. The summed E-state index contributed by atoms with van der Waals surface area (Å²) in [5, 5.41) is 48.9. The Bertz CT molecular complexity index is 644. The van der Waals surface area contributed by atoms with E-state index < -0.39 is 60.3 Å². The summed E-state index contributed by atoms with van der Waals surface area (Å²) in [5.41, 5.74) is 5.97. The molecule has 0 aliphatic carbocycles. The van der Waals surface area contributed by atoms with Gasteiger partial charge in [-0.3, -0.25) is 4.21 Å². The van der Waals surface area contributed by atoms with Crippen LogP contribution in [0, 0.1) is 0 Å². The molecule has 1 heterocycles. The molecule has 1 saturated heterocycles. The summed E-state index contributed by atoms with van der Waals surface area (Å²) in [6.45, 7) is 3.90. The van der Waals surface area contributed by atoms with Gasteiger partial charge in [0.25, 0.3) is 0 Å². The molecule has 10 heteroatoms. The van der Waals surface area contributed by atoms with Gasteiger partial charge in [0.1, 0.15) is 24.4 Å². The van der Waals surface area contributed by atoms with Gasteiger partial charge in [0.2, 0.25) is 0 Å². The lowest BCUT2D eigenvalue weighted by Crippen LogP contribution is -2.59. The average Bonchev–Trinajstić information content (AvgIpc) is 3.01. The molecule has 7 N–H and O–H groups in total. The standard InChI is InChI=1S/C23H47NO7.C11H24OS/c1-2-3-4-5-6-7-8-9-10-11-12-13-14-18(26)17(24)16-30-23-22(29)21(28)20(27)19(15-25)31-23;1-3-4-5-6-7-8-9-10-11-13(2)12/h17-23,25-29H,2-16,24H2,1H3;3-11H2,1-2H3. The third kappa shape index (κ3) is 23.2. The van der Waals surface area contributed by atoms with Gasteiger partial charge in [-0.15, -0.1) is 0 Å². The molecule has 0 saturated carbocycles. The Morgan fingerprint density at radius 1 is 0.705 bits per heavy atom. The molecule has 8 unspecified atom stereocenters. The van der Waals surface area contributed by atoms with Crippen LogP contribution in [0.4, 0.5) is 0 Å². The fourth-order valence-corrected chi connectivity index (χ4v) is 5.98. The van der Waals surface area contributed by atoms with Gasteiger partial charge < -0.3 is 40.7 Å². The second-order valence-electron chi connectivity index (χ2n) is 12.7. The quantitative estimate of drug-likeness (QED) is 0.0663. The molecule has 9 nitrogen and oxygen atoms in total. The molecule has 0 aromatic carbocycles. The van der Waals surface area contributed by atoms with E-state index in [1.807, 2.05) is 0 Å². The zero-order valence-corrected chi connectivity index (χ0v) is 29.3. The molecule has 1 fully saturated rings. The Kier molecular flexibility index (Phi) is 30.1. The van der Waals surface area contributed by atoms with Crippen molar-refractivity contribution < 1.29 is 39.2 Å². The molecular formula is C34H71NO8S. The number of ether oxygens (including phenoxy) is 2. The summed E-state index contributed by atoms with van der Waals surface area (Å²) in [7, 11) is -0.576. The summed E-state index contributed by atoms with van der Waals surface area (Å²) < 4.78 is 21.4. The molecule has 44 heavy (non-hydrogen) atoms. The first-order valence-corrected chi connectivity index (χ1v) is 19.6. The SMILES string of the molecule is CCCCCCCCCCCCCCC(O)C(N)COC1OC(CO)C(O)C(O)C1O.CCCCCCCCCCS(C)=O. The summed E-state index contributed by atoms with van der Waals surface area (Å²) in [5.74, 6) is 0.898. The molecule has 0 aromatic rings.